The van der Waals surface area contributed by atoms with E-state index in [1.54, 1.807) is 6.07 Å². The summed E-state index contributed by atoms with van der Waals surface area (Å²) in [7, 11) is -9.39. The quantitative estimate of drug-likeness (QED) is 0.145. The molecule has 12 heteroatoms. The van der Waals surface area contributed by atoms with Crippen molar-refractivity contribution < 1.29 is 42.8 Å². The standard InChI is InChI=1S/C24H13F7O3S2/c25-14-6-10-17(11-7-14)35(16-4-2-1-3-5-16,18-12-8-15(26)9-13-18)34-36(32,33)24-22(30)20(28)19(27)21(29)23(24)31/h1-13H. The minimum atomic E-state index is -5.75. The van der Waals surface area contributed by atoms with E-state index in [2.05, 4.69) is 0 Å². The molecular weight excluding hydrogens is 533 g/mol. The third-order valence-corrected chi connectivity index (χ3v) is 10.2. The molecule has 0 radical (unpaired) electrons. The smallest absolute Gasteiger partial charge is 0.207 e. The lowest BCUT2D eigenvalue weighted by atomic mass is 10.3. The van der Waals surface area contributed by atoms with Crippen molar-refractivity contribution in [2.75, 3.05) is 0 Å². The van der Waals surface area contributed by atoms with Gasteiger partial charge in [-0.2, -0.15) is 8.42 Å². The van der Waals surface area contributed by atoms with Crippen LogP contribution in [0.25, 0.3) is 0 Å². The minimum Gasteiger partial charge on any atom is -0.207 e. The van der Waals surface area contributed by atoms with Crippen molar-refractivity contribution in [3.63, 3.8) is 0 Å². The topological polar surface area (TPSA) is 43.4 Å². The molecule has 36 heavy (non-hydrogen) atoms. The molecule has 4 rings (SSSR count). The van der Waals surface area contributed by atoms with Crippen LogP contribution in [0.2, 0.25) is 0 Å². The zero-order valence-electron chi connectivity index (χ0n) is 17.7. The van der Waals surface area contributed by atoms with Crippen LogP contribution in [0, 0.1) is 40.7 Å². The average molecular weight is 546 g/mol. The van der Waals surface area contributed by atoms with Gasteiger partial charge in [0.05, 0.1) is 0 Å². The summed E-state index contributed by atoms with van der Waals surface area (Å²) in [6, 6.07) is 15.6. The van der Waals surface area contributed by atoms with Gasteiger partial charge in [0.2, 0.25) is 5.82 Å². The van der Waals surface area contributed by atoms with Gasteiger partial charge in [0.1, 0.15) is 11.6 Å². The Morgan fingerprint density at radius 3 is 1.25 bits per heavy atom. The summed E-state index contributed by atoms with van der Waals surface area (Å²) in [6.07, 6.45) is 0. The highest BCUT2D eigenvalue weighted by Crippen LogP contribution is 2.70. The molecule has 4 aromatic rings. The third-order valence-electron chi connectivity index (χ3n) is 4.98. The van der Waals surface area contributed by atoms with E-state index in [-0.39, 0.29) is 14.7 Å². The Morgan fingerprint density at radius 2 is 0.833 bits per heavy atom. The molecule has 0 unspecified atom stereocenters. The third kappa shape index (κ3) is 4.36. The maximum Gasteiger partial charge on any atom is 0.313 e. The van der Waals surface area contributed by atoms with Crippen LogP contribution in [0.4, 0.5) is 30.7 Å². The highest BCUT2D eigenvalue weighted by molar-refractivity contribution is 8.33. The molecule has 0 heterocycles. The van der Waals surface area contributed by atoms with Crippen molar-refractivity contribution in [2.45, 2.75) is 19.6 Å². The Balaban J connectivity index is 2.08. The first-order valence-corrected chi connectivity index (χ1v) is 12.8. The van der Waals surface area contributed by atoms with Gasteiger partial charge in [-0.3, -0.25) is 0 Å². The van der Waals surface area contributed by atoms with Gasteiger partial charge in [-0.05, 0) is 71.0 Å². The van der Waals surface area contributed by atoms with Crippen molar-refractivity contribution in [1.82, 2.24) is 0 Å². The minimum absolute atomic E-state index is 0.0332. The zero-order valence-corrected chi connectivity index (χ0v) is 19.3. The summed E-state index contributed by atoms with van der Waals surface area (Å²) in [5, 5.41) is 0. The molecule has 3 nitrogen and oxygen atoms in total. The van der Waals surface area contributed by atoms with Crippen molar-refractivity contribution >= 4 is 20.4 Å². The average Bonchev–Trinajstić information content (AvgIpc) is 2.86. The number of halogens is 7. The predicted molar refractivity (Wildman–Crippen MR) is 116 cm³/mol. The molecule has 0 spiro atoms. The first kappa shape index (κ1) is 25.7. The number of hydrogen-bond donors (Lipinski definition) is 0. The fourth-order valence-corrected chi connectivity index (χ4v) is 8.67. The summed E-state index contributed by atoms with van der Waals surface area (Å²) in [5.74, 6) is -14.2. The molecule has 4 aromatic carbocycles. The molecule has 0 atom stereocenters. The Morgan fingerprint density at radius 1 is 0.472 bits per heavy atom. The van der Waals surface area contributed by atoms with E-state index in [4.69, 9.17) is 3.63 Å². The van der Waals surface area contributed by atoms with Gasteiger partial charge in [0.25, 0.3) is 0 Å². The molecule has 0 aliphatic rings. The molecule has 0 bridgehead atoms. The van der Waals surface area contributed by atoms with Crippen LogP contribution in [0.1, 0.15) is 0 Å². The number of benzene rings is 4. The van der Waals surface area contributed by atoms with Gasteiger partial charge in [-0.1, -0.05) is 18.2 Å². The molecule has 188 valence electrons. The molecule has 0 amide bonds. The molecule has 0 aliphatic carbocycles. The van der Waals surface area contributed by atoms with Crippen LogP contribution < -0.4 is 0 Å². The van der Waals surface area contributed by atoms with Crippen LogP contribution in [-0.2, 0) is 13.7 Å². The van der Waals surface area contributed by atoms with Crippen LogP contribution >= 0.6 is 10.3 Å². The largest absolute Gasteiger partial charge is 0.313 e. The van der Waals surface area contributed by atoms with E-state index < -0.39 is 66.0 Å². The lowest BCUT2D eigenvalue weighted by molar-refractivity contribution is 0.354. The lowest BCUT2D eigenvalue weighted by Crippen LogP contribution is -2.19. The van der Waals surface area contributed by atoms with E-state index in [1.165, 1.54) is 24.3 Å². The number of rotatable bonds is 6. The maximum atomic E-state index is 14.5. The zero-order chi connectivity index (χ0) is 26.3. The molecule has 0 aliphatic heterocycles. The van der Waals surface area contributed by atoms with Gasteiger partial charge in [0, 0.05) is 14.7 Å². The molecule has 0 saturated heterocycles. The van der Waals surface area contributed by atoms with Crippen molar-refractivity contribution in [3.05, 3.63) is 120 Å². The summed E-state index contributed by atoms with van der Waals surface area (Å²) in [5.41, 5.74) is 0. The van der Waals surface area contributed by atoms with Crippen molar-refractivity contribution in [1.29, 1.82) is 0 Å². The Bertz CT molecular complexity index is 1450. The van der Waals surface area contributed by atoms with Crippen LogP contribution in [0.3, 0.4) is 0 Å². The van der Waals surface area contributed by atoms with Crippen LogP contribution in [0.15, 0.2) is 98.4 Å². The van der Waals surface area contributed by atoms with Gasteiger partial charge in [-0.25, -0.2) is 34.4 Å². The van der Waals surface area contributed by atoms with Crippen molar-refractivity contribution in [3.8, 4) is 0 Å². The summed E-state index contributed by atoms with van der Waals surface area (Å²) >= 11 is 0. The fourth-order valence-electron chi connectivity index (χ4n) is 3.36. The second-order valence-corrected chi connectivity index (χ2v) is 11.6. The first-order chi connectivity index (χ1) is 17.0. The molecular formula is C24H13F7O3S2. The Labute approximate surface area is 202 Å². The normalized spacial score (nSPS) is 12.5. The SMILES string of the molecule is O=S(=O)(OS(c1ccccc1)(c1ccc(F)cc1)c1ccc(F)cc1)c1c(F)c(F)c(F)c(F)c1F. The van der Waals surface area contributed by atoms with Crippen LogP contribution in [0.5, 0.6) is 0 Å². The summed E-state index contributed by atoms with van der Waals surface area (Å²) in [6.45, 7) is 0. The van der Waals surface area contributed by atoms with E-state index >= 15 is 0 Å². The van der Waals surface area contributed by atoms with Gasteiger partial charge < -0.3 is 0 Å². The van der Waals surface area contributed by atoms with Gasteiger partial charge >= 0.3 is 10.1 Å². The predicted octanol–water partition coefficient (Wildman–Crippen LogP) is 7.26. The number of hydrogen-bond acceptors (Lipinski definition) is 3. The Hall–Kier alpha value is -3.35. The molecule has 0 aromatic heterocycles. The highest BCUT2D eigenvalue weighted by atomic mass is 32.3. The van der Waals surface area contributed by atoms with E-state index in [9.17, 15) is 39.2 Å². The highest BCUT2D eigenvalue weighted by Gasteiger charge is 2.42. The first-order valence-electron chi connectivity index (χ1n) is 9.86. The second kappa shape index (κ2) is 9.60. The fraction of sp³-hybridized carbons (Fsp3) is 0. The Kier molecular flexibility index (Phi) is 6.86. The summed E-state index contributed by atoms with van der Waals surface area (Å²) in [4.78, 5) is -2.19. The lowest BCUT2D eigenvalue weighted by Gasteiger charge is -2.39. The molecule has 0 saturated carbocycles. The van der Waals surface area contributed by atoms with E-state index in [0.717, 1.165) is 48.5 Å². The van der Waals surface area contributed by atoms with Crippen molar-refractivity contribution in [2.24, 2.45) is 0 Å². The summed E-state index contributed by atoms with van der Waals surface area (Å²) < 4.78 is 130. The van der Waals surface area contributed by atoms with Gasteiger partial charge in [-0.15, -0.1) is 0 Å². The monoisotopic (exact) mass is 546 g/mol. The van der Waals surface area contributed by atoms with E-state index in [1.807, 2.05) is 0 Å². The van der Waals surface area contributed by atoms with Crippen LogP contribution in [-0.4, -0.2) is 8.42 Å². The van der Waals surface area contributed by atoms with Gasteiger partial charge in [0.15, 0.2) is 28.2 Å². The van der Waals surface area contributed by atoms with E-state index in [0.29, 0.717) is 0 Å². The maximum absolute atomic E-state index is 14.5. The second-order valence-electron chi connectivity index (χ2n) is 7.20. The molecule has 0 fully saturated rings. The molecule has 0 N–H and O–H groups in total.